The molecule has 0 radical (unpaired) electrons. The van der Waals surface area contributed by atoms with E-state index in [1.54, 1.807) is 0 Å². The predicted molar refractivity (Wildman–Crippen MR) is 67.9 cm³/mol. The average Bonchev–Trinajstić information content (AvgIpc) is 2.22. The van der Waals surface area contributed by atoms with Gasteiger partial charge in [-0.15, -0.1) is 0 Å². The zero-order valence-corrected chi connectivity index (χ0v) is 20.3. The zero-order valence-electron chi connectivity index (χ0n) is 12.3. The molecular weight excluding hydrogens is 545 g/mol. The fraction of sp³-hybridized carbons (Fsp3) is 0. The van der Waals surface area contributed by atoms with Crippen LogP contribution in [0, 0.1) is 0 Å². The minimum absolute atomic E-state index is 4.40. The molecule has 4 N–H and O–H groups in total. The van der Waals surface area contributed by atoms with Crippen molar-refractivity contribution in [1.29, 1.82) is 0 Å². The van der Waals surface area contributed by atoms with Gasteiger partial charge in [-0.25, -0.2) is 0 Å². The van der Waals surface area contributed by atoms with Crippen molar-refractivity contribution in [1.82, 2.24) is 0 Å². The number of rotatable bonds is 0. The predicted octanol–water partition coefficient (Wildman–Crippen LogP) is -10.9. The van der Waals surface area contributed by atoms with Crippen LogP contribution in [-0.4, -0.2) is 91.6 Å². The maximum atomic E-state index is 12.7. The molecule has 6 heterocycles. The smallest absolute Gasteiger partial charge is 0.657 e. The molecule has 6 aliphatic rings. The third kappa shape index (κ3) is 3.41. The Balaban J connectivity index is 1.79. The molecular formula is H4O20Si8-4. The monoisotopic (exact) mass is 548 g/mol. The van der Waals surface area contributed by atoms with E-state index in [2.05, 4.69) is 49.4 Å². The van der Waals surface area contributed by atoms with E-state index >= 15 is 0 Å². The Morgan fingerprint density at radius 1 is 0.321 bits per heavy atom. The first-order valence-electron chi connectivity index (χ1n) is 6.61. The lowest BCUT2D eigenvalue weighted by atomic mass is 15.5. The molecule has 0 aliphatic carbocycles. The Bertz CT molecular complexity index is 470. The van der Waals surface area contributed by atoms with E-state index in [1.807, 2.05) is 0 Å². The van der Waals surface area contributed by atoms with Gasteiger partial charge < -0.3 is 87.7 Å². The van der Waals surface area contributed by atoms with E-state index in [0.717, 1.165) is 0 Å². The summed E-state index contributed by atoms with van der Waals surface area (Å²) in [7, 11) is -46.5. The highest BCUT2D eigenvalue weighted by Crippen LogP contribution is 2.41. The highest BCUT2D eigenvalue weighted by molar-refractivity contribution is 6.95. The van der Waals surface area contributed by atoms with Crippen molar-refractivity contribution >= 4 is 72.4 Å². The summed E-state index contributed by atoms with van der Waals surface area (Å²) in [5.74, 6) is 0. The molecule has 0 aromatic heterocycles. The van der Waals surface area contributed by atoms with Crippen LogP contribution in [0.5, 0.6) is 0 Å². The van der Waals surface area contributed by atoms with Crippen molar-refractivity contribution in [2.75, 3.05) is 0 Å². The van der Waals surface area contributed by atoms with Crippen LogP contribution in [0.4, 0.5) is 0 Å². The number of hydrogen-bond acceptors (Lipinski definition) is 20. The van der Waals surface area contributed by atoms with E-state index in [-0.39, 0.29) is 0 Å². The Hall–Kier alpha value is 0.935. The molecule has 0 aromatic rings. The van der Waals surface area contributed by atoms with Crippen LogP contribution in [0.1, 0.15) is 0 Å². The van der Waals surface area contributed by atoms with Crippen LogP contribution in [0.15, 0.2) is 0 Å². The summed E-state index contributed by atoms with van der Waals surface area (Å²) in [6, 6.07) is 0. The Morgan fingerprint density at radius 3 is 0.679 bits per heavy atom. The van der Waals surface area contributed by atoms with Crippen LogP contribution in [-0.2, 0) is 49.4 Å². The molecule has 28 heavy (non-hydrogen) atoms. The molecule has 0 amide bonds. The van der Waals surface area contributed by atoms with E-state index in [1.165, 1.54) is 0 Å². The minimum atomic E-state index is -5.94. The van der Waals surface area contributed by atoms with Crippen LogP contribution in [0.2, 0.25) is 0 Å². The molecule has 20 nitrogen and oxygen atoms in total. The second-order valence-electron chi connectivity index (χ2n) is 5.32. The first-order valence-corrected chi connectivity index (χ1v) is 19.8. The molecule has 6 saturated heterocycles. The van der Waals surface area contributed by atoms with Gasteiger partial charge in [-0.3, -0.25) is 0 Å². The van der Waals surface area contributed by atoms with Crippen LogP contribution >= 0.6 is 0 Å². The lowest BCUT2D eigenvalue weighted by Gasteiger charge is -2.64. The summed E-state index contributed by atoms with van der Waals surface area (Å²) in [5.41, 5.74) is 0. The average molecular weight is 549 g/mol. The quantitative estimate of drug-likeness (QED) is 0.204. The maximum absolute atomic E-state index is 12.7. The van der Waals surface area contributed by atoms with Crippen molar-refractivity contribution in [3.8, 4) is 0 Å². The Labute approximate surface area is 160 Å². The Kier molecular flexibility index (Phi) is 4.06. The van der Waals surface area contributed by atoms with Gasteiger partial charge in [0, 0.05) is 0 Å². The van der Waals surface area contributed by atoms with Gasteiger partial charge in [-0.05, 0) is 0 Å². The molecule has 6 rings (SSSR count). The van der Waals surface area contributed by atoms with Crippen molar-refractivity contribution in [3.63, 3.8) is 0 Å². The molecule has 0 unspecified atom stereocenters. The van der Waals surface area contributed by atoms with Crippen LogP contribution in [0.3, 0.4) is 0 Å². The molecule has 28 heteroatoms. The Morgan fingerprint density at radius 2 is 0.500 bits per heavy atom. The second-order valence-corrected chi connectivity index (χ2v) is 23.3. The van der Waals surface area contributed by atoms with Crippen LogP contribution < -0.4 is 19.2 Å². The van der Waals surface area contributed by atoms with Crippen molar-refractivity contribution < 1.29 is 87.7 Å². The normalized spacial score (nSPS) is 66.0. The zero-order chi connectivity index (χ0) is 20.5. The highest BCUT2D eigenvalue weighted by Gasteiger charge is 2.79. The van der Waals surface area contributed by atoms with Gasteiger partial charge in [0.05, 0.1) is 0 Å². The molecule has 0 spiro atoms. The summed E-state index contributed by atoms with van der Waals surface area (Å²) >= 11 is 0. The number of hydrogen-bond donors (Lipinski definition) is 4. The fourth-order valence-electron chi connectivity index (χ4n) is 2.40. The third-order valence-corrected chi connectivity index (χ3v) is 27.4. The van der Waals surface area contributed by atoms with Gasteiger partial charge >= 0.3 is 72.4 Å². The molecule has 0 aromatic carbocycles. The fourth-order valence-corrected chi connectivity index (χ4v) is 30.6. The largest absolute Gasteiger partial charge is 0.795 e. The van der Waals surface area contributed by atoms with Gasteiger partial charge in [0.25, 0.3) is 0 Å². The van der Waals surface area contributed by atoms with Crippen molar-refractivity contribution in [2.45, 2.75) is 0 Å². The molecule has 6 fully saturated rings. The summed E-state index contributed by atoms with van der Waals surface area (Å²) in [4.78, 5) is 92.1. The first kappa shape index (κ1) is 20.8. The maximum Gasteiger partial charge on any atom is 0.657 e. The first-order chi connectivity index (χ1) is 12.5. The summed E-state index contributed by atoms with van der Waals surface area (Å²) in [6.45, 7) is 0. The van der Waals surface area contributed by atoms with E-state index in [4.69, 9.17) is 0 Å². The minimum Gasteiger partial charge on any atom is -0.795 e. The molecule has 8 bridgehead atoms. The van der Waals surface area contributed by atoms with Crippen LogP contribution in [0.25, 0.3) is 0 Å². The van der Waals surface area contributed by atoms with Crippen molar-refractivity contribution in [3.05, 3.63) is 0 Å². The van der Waals surface area contributed by atoms with E-state index < -0.39 is 72.4 Å². The van der Waals surface area contributed by atoms with E-state index in [0.29, 0.717) is 0 Å². The SMILES string of the molecule is [O-][Si]12O[Si]3([O-])O[Si]4([O-])O[Si]([O-])(O1)O[Si]1(O)O[Si](O)(O2)O[Si](O)(O3)O[Si](O)(O4)O1. The molecule has 160 valence electrons. The summed E-state index contributed by atoms with van der Waals surface area (Å²) in [5, 5.41) is 0. The molecule has 6 aliphatic heterocycles. The van der Waals surface area contributed by atoms with Gasteiger partial charge in [-0.1, -0.05) is 0 Å². The summed E-state index contributed by atoms with van der Waals surface area (Å²) < 4.78 is 53.9. The molecule has 0 atom stereocenters. The van der Waals surface area contributed by atoms with Crippen molar-refractivity contribution in [2.24, 2.45) is 0 Å². The lowest BCUT2D eigenvalue weighted by Crippen LogP contribution is -2.95. The highest BCUT2D eigenvalue weighted by atomic mass is 28.7. The standard InChI is InChI=1S/H4O20Si8/c1-21-9-22(2)12-25(5)14-23(3,10-21)16-27(7)17-24(4,11-21)15-26(6,13-22)19-28(8,18-25)20-27/h1-3,5H/q-4. The van der Waals surface area contributed by atoms with Gasteiger partial charge in [-0.2, -0.15) is 0 Å². The van der Waals surface area contributed by atoms with Gasteiger partial charge in [0.15, 0.2) is 0 Å². The van der Waals surface area contributed by atoms with Gasteiger partial charge in [0.2, 0.25) is 0 Å². The second kappa shape index (κ2) is 5.46. The topological polar surface area (TPSA) is 284 Å². The lowest BCUT2D eigenvalue weighted by molar-refractivity contribution is -0.388. The van der Waals surface area contributed by atoms with Gasteiger partial charge in [0.1, 0.15) is 0 Å². The summed E-state index contributed by atoms with van der Waals surface area (Å²) in [6.07, 6.45) is 0. The molecule has 0 saturated carbocycles. The van der Waals surface area contributed by atoms with E-state index in [9.17, 15) is 38.4 Å². The third-order valence-electron chi connectivity index (χ3n) is 3.05.